The predicted octanol–water partition coefficient (Wildman–Crippen LogP) is 14.4. The molecule has 0 atom stereocenters. The van der Waals surface area contributed by atoms with Gasteiger partial charge in [0, 0.05) is 0 Å². The molecule has 0 radical (unpaired) electrons. The molecule has 0 aliphatic heterocycles. The van der Waals surface area contributed by atoms with Crippen molar-refractivity contribution in [2.45, 2.75) is 207 Å². The second kappa shape index (κ2) is 32.1. The van der Waals surface area contributed by atoms with Gasteiger partial charge in [-0.05, 0) is 77.0 Å². The zero-order valence-electron chi connectivity index (χ0n) is 32.1. The molecule has 0 rings (SSSR count). The van der Waals surface area contributed by atoms with Crippen molar-refractivity contribution >= 4 is 11.9 Å². The Balaban J connectivity index is 6.32. The van der Waals surface area contributed by atoms with Crippen LogP contribution in [0.15, 0.2) is 48.6 Å². The summed E-state index contributed by atoms with van der Waals surface area (Å²) < 4.78 is 0. The van der Waals surface area contributed by atoms with E-state index in [1.54, 1.807) is 0 Å². The molecule has 0 bridgehead atoms. The van der Waals surface area contributed by atoms with Crippen molar-refractivity contribution in [1.29, 1.82) is 0 Å². The lowest BCUT2D eigenvalue weighted by molar-refractivity contribution is -0.174. The van der Waals surface area contributed by atoms with E-state index < -0.39 is 22.8 Å². The molecule has 0 unspecified atom stereocenters. The Morgan fingerprint density at radius 2 is 0.562 bits per heavy atom. The van der Waals surface area contributed by atoms with Crippen LogP contribution < -0.4 is 0 Å². The van der Waals surface area contributed by atoms with Crippen LogP contribution in [-0.2, 0) is 9.59 Å². The number of rotatable bonds is 35. The highest BCUT2D eigenvalue weighted by Gasteiger charge is 2.59. The van der Waals surface area contributed by atoms with Gasteiger partial charge in [0.05, 0.1) is 10.8 Å². The molecule has 4 heteroatoms. The van der Waals surface area contributed by atoms with Gasteiger partial charge in [-0.15, -0.1) is 0 Å². The van der Waals surface area contributed by atoms with E-state index in [4.69, 9.17) is 0 Å². The highest BCUT2D eigenvalue weighted by Crippen LogP contribution is 2.52. The first-order chi connectivity index (χ1) is 23.4. The summed E-state index contributed by atoms with van der Waals surface area (Å²) in [5.41, 5.74) is -2.90. The quantitative estimate of drug-likeness (QED) is 0.0520. The van der Waals surface area contributed by atoms with Gasteiger partial charge in [0.25, 0.3) is 0 Å². The average Bonchev–Trinajstić information content (AvgIpc) is 3.07. The van der Waals surface area contributed by atoms with Gasteiger partial charge in [-0.2, -0.15) is 0 Å². The van der Waals surface area contributed by atoms with Crippen molar-refractivity contribution in [2.75, 3.05) is 0 Å². The summed E-state index contributed by atoms with van der Waals surface area (Å²) in [5.74, 6) is -1.99. The largest absolute Gasteiger partial charge is 0.481 e. The molecule has 0 saturated carbocycles. The maximum absolute atomic E-state index is 13.5. The van der Waals surface area contributed by atoms with Gasteiger partial charge in [-0.25, -0.2) is 0 Å². The summed E-state index contributed by atoms with van der Waals surface area (Å²) in [6.07, 6.45) is 44.6. The summed E-state index contributed by atoms with van der Waals surface area (Å²) in [6.45, 7) is 8.86. The first-order valence-electron chi connectivity index (χ1n) is 20.4. The van der Waals surface area contributed by atoms with Crippen molar-refractivity contribution < 1.29 is 19.8 Å². The Morgan fingerprint density at radius 3 is 0.750 bits per heavy atom. The lowest BCUT2D eigenvalue weighted by Crippen LogP contribution is -2.52. The number of hydrogen-bond acceptors (Lipinski definition) is 2. The van der Waals surface area contributed by atoms with E-state index >= 15 is 0 Å². The zero-order chi connectivity index (χ0) is 35.6. The lowest BCUT2D eigenvalue weighted by atomic mass is 9.56. The van der Waals surface area contributed by atoms with Crippen molar-refractivity contribution in [3.63, 3.8) is 0 Å². The second-order valence-corrected chi connectivity index (χ2v) is 14.3. The van der Waals surface area contributed by atoms with Gasteiger partial charge >= 0.3 is 11.9 Å². The van der Waals surface area contributed by atoms with Crippen molar-refractivity contribution in [2.24, 2.45) is 10.8 Å². The van der Waals surface area contributed by atoms with Crippen LogP contribution in [0.2, 0.25) is 0 Å². The van der Waals surface area contributed by atoms with Gasteiger partial charge in [-0.3, -0.25) is 9.59 Å². The predicted molar refractivity (Wildman–Crippen MR) is 209 cm³/mol. The number of carboxylic acid groups (broad SMARTS) is 2. The maximum Gasteiger partial charge on any atom is 0.311 e. The maximum atomic E-state index is 13.5. The van der Waals surface area contributed by atoms with Crippen LogP contribution in [0.25, 0.3) is 0 Å². The van der Waals surface area contributed by atoms with Crippen LogP contribution in [0.5, 0.6) is 0 Å². The van der Waals surface area contributed by atoms with E-state index in [-0.39, 0.29) is 25.7 Å². The van der Waals surface area contributed by atoms with Crippen molar-refractivity contribution in [3.05, 3.63) is 48.6 Å². The smallest absolute Gasteiger partial charge is 0.311 e. The molecule has 0 aliphatic carbocycles. The van der Waals surface area contributed by atoms with E-state index in [0.717, 1.165) is 51.4 Å². The number of allylic oxidation sites excluding steroid dienone is 8. The van der Waals surface area contributed by atoms with E-state index in [9.17, 15) is 19.8 Å². The van der Waals surface area contributed by atoms with Crippen molar-refractivity contribution in [3.8, 4) is 0 Å². The third kappa shape index (κ3) is 20.4. The second-order valence-electron chi connectivity index (χ2n) is 14.3. The Labute approximate surface area is 298 Å². The molecule has 2 N–H and O–H groups in total. The molecule has 0 heterocycles. The number of aliphatic carboxylic acids is 2. The fourth-order valence-corrected chi connectivity index (χ4v) is 6.78. The summed E-state index contributed by atoms with van der Waals surface area (Å²) in [7, 11) is 0. The molecule has 0 aromatic rings. The summed E-state index contributed by atoms with van der Waals surface area (Å²) >= 11 is 0. The zero-order valence-corrected chi connectivity index (χ0v) is 32.1. The summed E-state index contributed by atoms with van der Waals surface area (Å²) in [6, 6.07) is 0. The molecule has 0 amide bonds. The van der Waals surface area contributed by atoms with Crippen LogP contribution in [0.1, 0.15) is 207 Å². The molecule has 0 aliphatic rings. The Kier molecular flexibility index (Phi) is 30.7. The number of carbonyl (C=O) groups is 2. The standard InChI is InChI=1S/C44H78O4/c1-5-9-13-17-21-25-29-33-37-43(41(45)46,38-34-30-26-22-18-14-10-6-2)44(42(47)48,39-35-31-27-23-19-15-11-7-3)40-36-32-28-24-20-16-12-8-4/h29-36H,5-28,37-40H2,1-4H3,(H,45,46)(H,47,48)/b33-29+,34-30+,35-31+,36-32+. The highest BCUT2D eigenvalue weighted by atomic mass is 16.4. The minimum atomic E-state index is -1.45. The van der Waals surface area contributed by atoms with Crippen LogP contribution in [-0.4, -0.2) is 22.2 Å². The minimum absolute atomic E-state index is 0.222. The Hall–Kier alpha value is -2.10. The van der Waals surface area contributed by atoms with Gasteiger partial charge in [0.1, 0.15) is 0 Å². The van der Waals surface area contributed by atoms with E-state index in [1.165, 1.54) is 103 Å². The molecule has 4 nitrogen and oxygen atoms in total. The van der Waals surface area contributed by atoms with Crippen LogP contribution in [0.4, 0.5) is 0 Å². The van der Waals surface area contributed by atoms with Gasteiger partial charge in [0.2, 0.25) is 0 Å². The van der Waals surface area contributed by atoms with E-state index in [2.05, 4.69) is 52.0 Å². The molecule has 0 aromatic carbocycles. The molecule has 0 saturated heterocycles. The number of unbranched alkanes of at least 4 members (excludes halogenated alkanes) is 20. The lowest BCUT2D eigenvalue weighted by Gasteiger charge is -2.44. The molecule has 0 fully saturated rings. The van der Waals surface area contributed by atoms with Gasteiger partial charge in [0.15, 0.2) is 0 Å². The highest BCUT2D eigenvalue weighted by molar-refractivity contribution is 5.87. The topological polar surface area (TPSA) is 74.6 Å². The first kappa shape index (κ1) is 45.9. The molecule has 48 heavy (non-hydrogen) atoms. The SMILES string of the molecule is CCCCCCC/C=C/CC(C/C=C/CCCCCCC)(C(=O)O)C(C/C=C/CCCCCCC)(C/C=C/CCCCCCC)C(=O)O. The van der Waals surface area contributed by atoms with E-state index in [1.807, 2.05) is 24.3 Å². The van der Waals surface area contributed by atoms with Gasteiger partial charge in [-0.1, -0.05) is 179 Å². The van der Waals surface area contributed by atoms with Gasteiger partial charge < -0.3 is 10.2 Å². The monoisotopic (exact) mass is 671 g/mol. The van der Waals surface area contributed by atoms with Crippen LogP contribution in [0, 0.1) is 10.8 Å². The number of carboxylic acids is 2. The normalized spacial score (nSPS) is 12.8. The minimum Gasteiger partial charge on any atom is -0.481 e. The fraction of sp³-hybridized carbons (Fsp3) is 0.773. The Morgan fingerprint density at radius 1 is 0.354 bits per heavy atom. The first-order valence-corrected chi connectivity index (χ1v) is 20.4. The van der Waals surface area contributed by atoms with Crippen molar-refractivity contribution in [1.82, 2.24) is 0 Å². The third-order valence-corrected chi connectivity index (χ3v) is 10.2. The molecule has 0 aromatic heterocycles. The molecule has 278 valence electrons. The molecule has 0 spiro atoms. The van der Waals surface area contributed by atoms with E-state index in [0.29, 0.717) is 0 Å². The van der Waals surface area contributed by atoms with Crippen LogP contribution >= 0.6 is 0 Å². The summed E-state index contributed by atoms with van der Waals surface area (Å²) in [4.78, 5) is 27.1. The molecular weight excluding hydrogens is 592 g/mol. The van der Waals surface area contributed by atoms with Crippen LogP contribution in [0.3, 0.4) is 0 Å². The fourth-order valence-electron chi connectivity index (χ4n) is 6.78. The number of hydrogen-bond donors (Lipinski definition) is 2. The third-order valence-electron chi connectivity index (χ3n) is 10.2. The molecular formula is C44H78O4. The Bertz CT molecular complexity index is 756. The summed E-state index contributed by atoms with van der Waals surface area (Å²) in [5, 5.41) is 22.1. The average molecular weight is 671 g/mol.